The molecule has 0 saturated carbocycles. The molecule has 1 unspecified atom stereocenters. The molecule has 7 heteroatoms. The SMILES string of the molecule is Cc1nnc(COC2CN(C(=O)CC3CCCCO3)C2)o1. The lowest BCUT2D eigenvalue weighted by Crippen LogP contribution is -2.55. The van der Waals surface area contributed by atoms with Crippen LogP contribution in [0.2, 0.25) is 0 Å². The number of ether oxygens (including phenoxy) is 2. The first kappa shape index (κ1) is 14.5. The number of carbonyl (C=O) groups is 1. The molecule has 0 radical (unpaired) electrons. The van der Waals surface area contributed by atoms with E-state index in [1.807, 2.05) is 4.90 Å². The maximum absolute atomic E-state index is 12.1. The fraction of sp³-hybridized carbons (Fsp3) is 0.786. The van der Waals surface area contributed by atoms with Crippen LogP contribution < -0.4 is 0 Å². The molecule has 21 heavy (non-hydrogen) atoms. The van der Waals surface area contributed by atoms with Crippen LogP contribution >= 0.6 is 0 Å². The van der Waals surface area contributed by atoms with Crippen molar-refractivity contribution < 1.29 is 18.7 Å². The zero-order chi connectivity index (χ0) is 14.7. The van der Waals surface area contributed by atoms with Crippen molar-refractivity contribution in [1.29, 1.82) is 0 Å². The van der Waals surface area contributed by atoms with E-state index in [2.05, 4.69) is 10.2 Å². The zero-order valence-electron chi connectivity index (χ0n) is 12.3. The van der Waals surface area contributed by atoms with Crippen LogP contribution in [-0.4, -0.2) is 52.9 Å². The molecule has 1 aromatic rings. The highest BCUT2D eigenvalue weighted by Crippen LogP contribution is 2.20. The Balaban J connectivity index is 1.34. The van der Waals surface area contributed by atoms with Crippen molar-refractivity contribution in [2.24, 2.45) is 0 Å². The average Bonchev–Trinajstić information content (AvgIpc) is 2.84. The summed E-state index contributed by atoms with van der Waals surface area (Å²) in [5, 5.41) is 7.61. The predicted molar refractivity (Wildman–Crippen MR) is 72.4 cm³/mol. The van der Waals surface area contributed by atoms with Crippen molar-refractivity contribution in [2.45, 2.75) is 51.4 Å². The second kappa shape index (κ2) is 6.53. The number of likely N-dealkylation sites (tertiary alicyclic amines) is 1. The maximum atomic E-state index is 12.1. The van der Waals surface area contributed by atoms with Crippen LogP contribution in [-0.2, 0) is 20.9 Å². The van der Waals surface area contributed by atoms with Gasteiger partial charge in [-0.05, 0) is 19.3 Å². The van der Waals surface area contributed by atoms with Gasteiger partial charge in [-0.3, -0.25) is 4.79 Å². The van der Waals surface area contributed by atoms with E-state index in [-0.39, 0.29) is 18.1 Å². The highest BCUT2D eigenvalue weighted by Gasteiger charge is 2.33. The van der Waals surface area contributed by atoms with Gasteiger partial charge in [0.25, 0.3) is 0 Å². The van der Waals surface area contributed by atoms with Gasteiger partial charge in [0.1, 0.15) is 6.61 Å². The molecular formula is C14H21N3O4. The quantitative estimate of drug-likeness (QED) is 0.808. The topological polar surface area (TPSA) is 77.7 Å². The summed E-state index contributed by atoms with van der Waals surface area (Å²) in [6.07, 6.45) is 3.93. The van der Waals surface area contributed by atoms with E-state index in [0.717, 1.165) is 25.9 Å². The van der Waals surface area contributed by atoms with Gasteiger partial charge < -0.3 is 18.8 Å². The molecule has 116 valence electrons. The molecule has 0 spiro atoms. The number of aryl methyl sites for hydroxylation is 1. The smallest absolute Gasteiger partial charge is 0.242 e. The van der Waals surface area contributed by atoms with Gasteiger partial charge in [-0.25, -0.2) is 0 Å². The molecular weight excluding hydrogens is 274 g/mol. The minimum atomic E-state index is 0.0634. The predicted octanol–water partition coefficient (Wildman–Crippen LogP) is 1.06. The first-order chi connectivity index (χ1) is 10.2. The summed E-state index contributed by atoms with van der Waals surface area (Å²) in [6, 6.07) is 0. The largest absolute Gasteiger partial charge is 0.423 e. The molecule has 0 aliphatic carbocycles. The summed E-state index contributed by atoms with van der Waals surface area (Å²) >= 11 is 0. The van der Waals surface area contributed by atoms with Crippen molar-refractivity contribution in [3.8, 4) is 0 Å². The molecule has 0 N–H and O–H groups in total. The fourth-order valence-corrected chi connectivity index (χ4v) is 2.62. The summed E-state index contributed by atoms with van der Waals surface area (Å²) < 4.78 is 16.5. The van der Waals surface area contributed by atoms with Gasteiger partial charge in [-0.2, -0.15) is 0 Å². The molecule has 3 rings (SSSR count). The van der Waals surface area contributed by atoms with Crippen LogP contribution in [0.4, 0.5) is 0 Å². The Morgan fingerprint density at radius 2 is 2.24 bits per heavy atom. The zero-order valence-corrected chi connectivity index (χ0v) is 12.3. The Morgan fingerprint density at radius 1 is 1.38 bits per heavy atom. The van der Waals surface area contributed by atoms with Crippen LogP contribution in [0, 0.1) is 6.92 Å². The Kier molecular flexibility index (Phi) is 4.50. The molecule has 2 aliphatic rings. The van der Waals surface area contributed by atoms with Crippen molar-refractivity contribution >= 4 is 5.91 Å². The first-order valence-electron chi connectivity index (χ1n) is 7.50. The lowest BCUT2D eigenvalue weighted by atomic mass is 10.0. The number of hydrogen-bond donors (Lipinski definition) is 0. The minimum Gasteiger partial charge on any atom is -0.423 e. The summed E-state index contributed by atoms with van der Waals surface area (Å²) in [6.45, 7) is 4.11. The van der Waals surface area contributed by atoms with Gasteiger partial charge in [0.15, 0.2) is 0 Å². The molecule has 0 aromatic carbocycles. The van der Waals surface area contributed by atoms with E-state index in [1.54, 1.807) is 6.92 Å². The van der Waals surface area contributed by atoms with Gasteiger partial charge in [0.05, 0.1) is 18.6 Å². The number of nitrogens with zero attached hydrogens (tertiary/aromatic N) is 3. The second-order valence-corrected chi connectivity index (χ2v) is 5.64. The van der Waals surface area contributed by atoms with E-state index in [9.17, 15) is 4.79 Å². The molecule has 2 fully saturated rings. The molecule has 1 atom stereocenters. The monoisotopic (exact) mass is 295 g/mol. The maximum Gasteiger partial charge on any atom is 0.242 e. The Labute approximate surface area is 123 Å². The van der Waals surface area contributed by atoms with Crippen LogP contribution in [0.1, 0.15) is 37.5 Å². The van der Waals surface area contributed by atoms with Crippen LogP contribution in [0.3, 0.4) is 0 Å². The molecule has 3 heterocycles. The van der Waals surface area contributed by atoms with Gasteiger partial charge in [0, 0.05) is 26.6 Å². The van der Waals surface area contributed by atoms with E-state index in [1.165, 1.54) is 0 Å². The van der Waals surface area contributed by atoms with Crippen molar-refractivity contribution in [1.82, 2.24) is 15.1 Å². The summed E-state index contributed by atoms with van der Waals surface area (Å²) in [5.74, 6) is 1.18. The van der Waals surface area contributed by atoms with Crippen molar-refractivity contribution in [2.75, 3.05) is 19.7 Å². The van der Waals surface area contributed by atoms with Gasteiger partial charge in [0.2, 0.25) is 17.7 Å². The van der Waals surface area contributed by atoms with Crippen LogP contribution in [0.15, 0.2) is 4.42 Å². The first-order valence-corrected chi connectivity index (χ1v) is 7.50. The van der Waals surface area contributed by atoms with Crippen LogP contribution in [0.25, 0.3) is 0 Å². The van der Waals surface area contributed by atoms with Gasteiger partial charge >= 0.3 is 0 Å². The highest BCUT2D eigenvalue weighted by atomic mass is 16.5. The fourth-order valence-electron chi connectivity index (χ4n) is 2.62. The standard InChI is InChI=1S/C14H21N3O4/c1-10-15-16-13(21-10)9-20-12-7-17(8-12)14(18)6-11-4-2-3-5-19-11/h11-12H,2-9H2,1H3. The third-order valence-electron chi connectivity index (χ3n) is 3.89. The average molecular weight is 295 g/mol. The highest BCUT2D eigenvalue weighted by molar-refractivity contribution is 5.77. The Hall–Kier alpha value is -1.47. The van der Waals surface area contributed by atoms with E-state index in [0.29, 0.717) is 37.9 Å². The van der Waals surface area contributed by atoms with Gasteiger partial charge in [-0.1, -0.05) is 0 Å². The third-order valence-corrected chi connectivity index (χ3v) is 3.89. The molecule has 2 aliphatic heterocycles. The van der Waals surface area contributed by atoms with E-state index in [4.69, 9.17) is 13.9 Å². The van der Waals surface area contributed by atoms with Crippen LogP contribution in [0.5, 0.6) is 0 Å². The number of carbonyl (C=O) groups excluding carboxylic acids is 1. The molecule has 7 nitrogen and oxygen atoms in total. The number of aromatic nitrogens is 2. The van der Waals surface area contributed by atoms with Crippen molar-refractivity contribution in [3.63, 3.8) is 0 Å². The third kappa shape index (κ3) is 3.79. The van der Waals surface area contributed by atoms with E-state index >= 15 is 0 Å². The normalized spacial score (nSPS) is 23.1. The summed E-state index contributed by atoms with van der Waals surface area (Å²) in [5.41, 5.74) is 0. The lowest BCUT2D eigenvalue weighted by Gasteiger charge is -2.39. The minimum absolute atomic E-state index is 0.0634. The summed E-state index contributed by atoms with van der Waals surface area (Å²) in [7, 11) is 0. The molecule has 1 aromatic heterocycles. The lowest BCUT2D eigenvalue weighted by molar-refractivity contribution is -0.150. The number of rotatable bonds is 5. The Bertz CT molecular complexity index is 478. The number of amides is 1. The number of hydrogen-bond acceptors (Lipinski definition) is 6. The molecule has 2 saturated heterocycles. The van der Waals surface area contributed by atoms with E-state index < -0.39 is 0 Å². The summed E-state index contributed by atoms with van der Waals surface area (Å²) in [4.78, 5) is 13.9. The second-order valence-electron chi connectivity index (χ2n) is 5.64. The Morgan fingerprint density at radius 3 is 2.90 bits per heavy atom. The van der Waals surface area contributed by atoms with Gasteiger partial charge in [-0.15, -0.1) is 10.2 Å². The molecule has 1 amide bonds. The van der Waals surface area contributed by atoms with Crippen molar-refractivity contribution in [3.05, 3.63) is 11.8 Å². The molecule has 0 bridgehead atoms.